The summed E-state index contributed by atoms with van der Waals surface area (Å²) in [6.07, 6.45) is 4.94. The van der Waals surface area contributed by atoms with Crippen molar-refractivity contribution in [3.05, 3.63) is 30.3 Å². The van der Waals surface area contributed by atoms with E-state index >= 15 is 0 Å². The Morgan fingerprint density at radius 1 is 1.03 bits per heavy atom. The lowest BCUT2D eigenvalue weighted by atomic mass is 9.81. The van der Waals surface area contributed by atoms with Gasteiger partial charge in [-0.3, -0.25) is 9.59 Å². The van der Waals surface area contributed by atoms with Gasteiger partial charge in [0.15, 0.2) is 0 Å². The normalized spacial score (nSPS) is 24.4. The van der Waals surface area contributed by atoms with Crippen LogP contribution in [0.25, 0.3) is 0 Å². The summed E-state index contributed by atoms with van der Waals surface area (Å²) in [6.45, 7) is 5.42. The van der Waals surface area contributed by atoms with Crippen LogP contribution in [-0.4, -0.2) is 52.1 Å². The number of hydrogen-bond acceptors (Lipinski definition) is 5. The molecule has 0 radical (unpaired) electrons. The first-order valence-electron chi connectivity index (χ1n) is 12.0. The molecule has 3 N–H and O–H groups in total. The fourth-order valence-electron chi connectivity index (χ4n) is 4.48. The van der Waals surface area contributed by atoms with Crippen LogP contribution < -0.4 is 15.4 Å². The van der Waals surface area contributed by atoms with Gasteiger partial charge in [-0.1, -0.05) is 32.0 Å². The van der Waals surface area contributed by atoms with E-state index in [1.54, 1.807) is 30.3 Å². The van der Waals surface area contributed by atoms with Crippen LogP contribution in [0.5, 0.6) is 0 Å². The minimum absolute atomic E-state index is 0.0258. The molecular formula is C24H37N3O5S. The van der Waals surface area contributed by atoms with Crippen molar-refractivity contribution in [2.45, 2.75) is 69.4 Å². The van der Waals surface area contributed by atoms with E-state index in [9.17, 15) is 18.0 Å². The number of ether oxygens (including phenoxy) is 1. The molecule has 1 aromatic carbocycles. The maximum Gasteiger partial charge on any atom is 0.242 e. The van der Waals surface area contributed by atoms with Gasteiger partial charge in [0.1, 0.15) is 6.04 Å². The third-order valence-corrected chi connectivity index (χ3v) is 8.05. The molecule has 9 heteroatoms. The second-order valence-corrected chi connectivity index (χ2v) is 11.3. The largest absolute Gasteiger partial charge is 0.376 e. The van der Waals surface area contributed by atoms with Gasteiger partial charge in [0.05, 0.1) is 11.0 Å². The topological polar surface area (TPSA) is 114 Å². The van der Waals surface area contributed by atoms with Crippen molar-refractivity contribution in [1.82, 2.24) is 15.4 Å². The average Bonchev–Trinajstić information content (AvgIpc) is 3.34. The van der Waals surface area contributed by atoms with Crippen LogP contribution in [0.3, 0.4) is 0 Å². The Hall–Kier alpha value is -1.97. The van der Waals surface area contributed by atoms with Crippen LogP contribution in [0, 0.1) is 17.8 Å². The van der Waals surface area contributed by atoms with E-state index in [1.807, 2.05) is 13.8 Å². The quantitative estimate of drug-likeness (QED) is 0.476. The maximum absolute atomic E-state index is 12.9. The van der Waals surface area contributed by atoms with Crippen LogP contribution in [0.4, 0.5) is 0 Å². The summed E-state index contributed by atoms with van der Waals surface area (Å²) >= 11 is 0. The lowest BCUT2D eigenvalue weighted by molar-refractivity contribution is -0.133. The number of nitrogens with one attached hydrogen (secondary N) is 3. The Bertz CT molecular complexity index is 877. The fraction of sp³-hybridized carbons (Fsp3) is 0.667. The Morgan fingerprint density at radius 3 is 2.33 bits per heavy atom. The minimum atomic E-state index is -3.52. The number of benzene rings is 1. The Balaban J connectivity index is 1.43. The first-order chi connectivity index (χ1) is 15.8. The highest BCUT2D eigenvalue weighted by atomic mass is 32.2. The Morgan fingerprint density at radius 2 is 1.73 bits per heavy atom. The summed E-state index contributed by atoms with van der Waals surface area (Å²) in [5.74, 6) is -0.244. The lowest BCUT2D eigenvalue weighted by Gasteiger charge is -2.30. The lowest BCUT2D eigenvalue weighted by Crippen LogP contribution is -2.52. The molecule has 2 amide bonds. The minimum Gasteiger partial charge on any atom is -0.376 e. The van der Waals surface area contributed by atoms with Gasteiger partial charge in [-0.05, 0) is 62.5 Å². The molecule has 1 aliphatic heterocycles. The van der Waals surface area contributed by atoms with E-state index in [0.29, 0.717) is 25.9 Å². The first-order valence-corrected chi connectivity index (χ1v) is 13.5. The van der Waals surface area contributed by atoms with Crippen molar-refractivity contribution in [1.29, 1.82) is 0 Å². The van der Waals surface area contributed by atoms with Crippen molar-refractivity contribution in [3.63, 3.8) is 0 Å². The molecule has 1 saturated carbocycles. The molecule has 0 bridgehead atoms. The zero-order valence-corrected chi connectivity index (χ0v) is 20.4. The molecule has 1 aliphatic carbocycles. The number of carbonyl (C=O) groups is 2. The molecule has 1 aromatic rings. The summed E-state index contributed by atoms with van der Waals surface area (Å²) in [4.78, 5) is 25.8. The van der Waals surface area contributed by atoms with Crippen LogP contribution in [0.2, 0.25) is 0 Å². The highest BCUT2D eigenvalue weighted by Gasteiger charge is 2.31. The van der Waals surface area contributed by atoms with Crippen LogP contribution in [0.15, 0.2) is 35.2 Å². The number of amides is 2. The number of rotatable bonds is 10. The molecule has 1 saturated heterocycles. The van der Waals surface area contributed by atoms with Gasteiger partial charge in [0, 0.05) is 25.6 Å². The summed E-state index contributed by atoms with van der Waals surface area (Å²) < 4.78 is 33.1. The molecule has 1 heterocycles. The number of hydrogen-bond donors (Lipinski definition) is 3. The molecule has 2 fully saturated rings. The van der Waals surface area contributed by atoms with Crippen LogP contribution in [0.1, 0.15) is 52.4 Å². The summed E-state index contributed by atoms with van der Waals surface area (Å²) in [5.41, 5.74) is 0. The van der Waals surface area contributed by atoms with Crippen molar-refractivity contribution in [2.24, 2.45) is 17.8 Å². The zero-order chi connectivity index (χ0) is 23.8. The predicted octanol–water partition coefficient (Wildman–Crippen LogP) is 2.21. The predicted molar refractivity (Wildman–Crippen MR) is 126 cm³/mol. The van der Waals surface area contributed by atoms with Crippen molar-refractivity contribution in [2.75, 3.05) is 19.7 Å². The third kappa shape index (κ3) is 7.52. The van der Waals surface area contributed by atoms with E-state index in [-0.39, 0.29) is 40.6 Å². The van der Waals surface area contributed by atoms with Crippen molar-refractivity contribution in [3.8, 4) is 0 Å². The second kappa shape index (κ2) is 11.9. The van der Waals surface area contributed by atoms with Gasteiger partial charge in [0.25, 0.3) is 0 Å². The van der Waals surface area contributed by atoms with E-state index in [4.69, 9.17) is 4.74 Å². The summed E-state index contributed by atoms with van der Waals surface area (Å²) in [6, 6.07) is 7.76. The Kier molecular flexibility index (Phi) is 9.28. The van der Waals surface area contributed by atoms with Gasteiger partial charge in [-0.25, -0.2) is 13.1 Å². The summed E-state index contributed by atoms with van der Waals surface area (Å²) in [7, 11) is -3.52. The van der Waals surface area contributed by atoms with Crippen molar-refractivity contribution >= 4 is 21.8 Å². The molecule has 3 rings (SSSR count). The standard InChI is InChI=1S/C24H37N3O5S/c1-17(2)22(24(29)25-16-20-7-6-14-32-20)27-23(28)19-12-10-18(11-13-19)15-26-33(30,31)21-8-4-3-5-9-21/h3-5,8-9,17-20,22,26H,6-7,10-16H2,1-2H3,(H,25,29)(H,27,28)/t18?,19?,20-,22-/m0/s1. The number of carbonyl (C=O) groups excluding carboxylic acids is 2. The highest BCUT2D eigenvalue weighted by molar-refractivity contribution is 7.89. The SMILES string of the molecule is CC(C)[C@H](NC(=O)C1CCC(CNS(=O)(=O)c2ccccc2)CC1)C(=O)NC[C@@H]1CCCO1. The van der Waals surface area contributed by atoms with E-state index in [0.717, 1.165) is 32.3 Å². The highest BCUT2D eigenvalue weighted by Crippen LogP contribution is 2.29. The molecule has 0 unspecified atom stereocenters. The second-order valence-electron chi connectivity index (χ2n) is 9.49. The molecule has 0 aromatic heterocycles. The molecule has 184 valence electrons. The Labute approximate surface area is 197 Å². The molecule has 0 spiro atoms. The van der Waals surface area contributed by atoms with Gasteiger partial charge < -0.3 is 15.4 Å². The van der Waals surface area contributed by atoms with E-state index < -0.39 is 16.1 Å². The van der Waals surface area contributed by atoms with Crippen molar-refractivity contribution < 1.29 is 22.7 Å². The van der Waals surface area contributed by atoms with Crippen LogP contribution >= 0.6 is 0 Å². The zero-order valence-electron chi connectivity index (χ0n) is 19.6. The third-order valence-electron chi connectivity index (χ3n) is 6.61. The fourth-order valence-corrected chi connectivity index (χ4v) is 5.61. The van der Waals surface area contributed by atoms with E-state index in [1.165, 1.54) is 0 Å². The monoisotopic (exact) mass is 479 g/mol. The summed E-state index contributed by atoms with van der Waals surface area (Å²) in [5, 5.41) is 5.87. The molecular weight excluding hydrogens is 442 g/mol. The van der Waals surface area contributed by atoms with Gasteiger partial charge in [0.2, 0.25) is 21.8 Å². The van der Waals surface area contributed by atoms with Gasteiger partial charge in [-0.2, -0.15) is 0 Å². The smallest absolute Gasteiger partial charge is 0.242 e. The van der Waals surface area contributed by atoms with Gasteiger partial charge in [-0.15, -0.1) is 0 Å². The average molecular weight is 480 g/mol. The molecule has 2 atom stereocenters. The molecule has 2 aliphatic rings. The van der Waals surface area contributed by atoms with Gasteiger partial charge >= 0.3 is 0 Å². The molecule has 8 nitrogen and oxygen atoms in total. The van der Waals surface area contributed by atoms with Crippen LogP contribution in [-0.2, 0) is 24.3 Å². The number of sulfonamides is 1. The maximum atomic E-state index is 12.9. The molecule has 33 heavy (non-hydrogen) atoms. The van der Waals surface area contributed by atoms with E-state index in [2.05, 4.69) is 15.4 Å². The first kappa shape index (κ1) is 25.6.